The Balaban J connectivity index is 1.44. The van der Waals surface area contributed by atoms with Gasteiger partial charge in [0.15, 0.2) is 11.5 Å². The third-order valence-electron chi connectivity index (χ3n) is 5.62. The molecule has 0 atom stereocenters. The quantitative estimate of drug-likeness (QED) is 0.351. The zero-order chi connectivity index (χ0) is 24.6. The van der Waals surface area contributed by atoms with Gasteiger partial charge in [0.05, 0.1) is 38.9 Å². The molecule has 0 aliphatic rings. The molecule has 0 bridgehead atoms. The van der Waals surface area contributed by atoms with Crippen molar-refractivity contribution in [2.75, 3.05) is 34.5 Å². The number of para-hydroxylation sites is 3. The number of aromatic nitrogens is 2. The minimum atomic E-state index is -0.237. The van der Waals surface area contributed by atoms with Gasteiger partial charge >= 0.3 is 0 Å². The number of ether oxygens (including phenoxy) is 4. The van der Waals surface area contributed by atoms with Gasteiger partial charge in [-0.3, -0.25) is 4.79 Å². The van der Waals surface area contributed by atoms with E-state index < -0.39 is 0 Å². The van der Waals surface area contributed by atoms with E-state index >= 15 is 0 Å². The van der Waals surface area contributed by atoms with Crippen LogP contribution in [-0.4, -0.2) is 49.9 Å². The average Bonchev–Trinajstić information content (AvgIpc) is 3.25. The first kappa shape index (κ1) is 23.9. The van der Waals surface area contributed by atoms with Crippen molar-refractivity contribution in [1.29, 1.82) is 0 Å². The lowest BCUT2D eigenvalue weighted by Crippen LogP contribution is -2.27. The van der Waals surface area contributed by atoms with Crippen molar-refractivity contribution in [2.45, 2.75) is 13.0 Å². The number of methoxy groups -OCH3 is 3. The lowest BCUT2D eigenvalue weighted by atomic mass is 10.1. The predicted molar refractivity (Wildman–Crippen MR) is 134 cm³/mol. The van der Waals surface area contributed by atoms with Gasteiger partial charge in [0.1, 0.15) is 18.2 Å². The summed E-state index contributed by atoms with van der Waals surface area (Å²) in [4.78, 5) is 17.6. The van der Waals surface area contributed by atoms with Crippen LogP contribution >= 0.6 is 0 Å². The molecule has 182 valence electrons. The number of nitrogens with one attached hydrogen (secondary N) is 1. The van der Waals surface area contributed by atoms with Crippen LogP contribution < -0.4 is 24.3 Å². The van der Waals surface area contributed by atoms with Crippen molar-refractivity contribution in [3.05, 3.63) is 78.1 Å². The molecule has 1 heterocycles. The van der Waals surface area contributed by atoms with E-state index in [1.165, 1.54) is 21.3 Å². The second-order valence-corrected chi connectivity index (χ2v) is 7.75. The fourth-order valence-electron chi connectivity index (χ4n) is 3.94. The molecular formula is C27H29N3O5. The Bertz CT molecular complexity index is 1260. The molecule has 0 aliphatic heterocycles. The van der Waals surface area contributed by atoms with E-state index in [4.69, 9.17) is 23.9 Å². The van der Waals surface area contributed by atoms with E-state index in [0.29, 0.717) is 48.9 Å². The second kappa shape index (κ2) is 11.3. The normalized spacial score (nSPS) is 10.7. The van der Waals surface area contributed by atoms with E-state index in [1.54, 1.807) is 12.1 Å². The molecule has 0 spiro atoms. The summed E-state index contributed by atoms with van der Waals surface area (Å²) in [7, 11) is 4.56. The number of amides is 1. The first-order chi connectivity index (χ1) is 17.1. The maximum atomic E-state index is 12.8. The van der Waals surface area contributed by atoms with Crippen molar-refractivity contribution in [3.8, 4) is 23.0 Å². The largest absolute Gasteiger partial charge is 0.493 e. The van der Waals surface area contributed by atoms with Crippen LogP contribution in [0.1, 0.15) is 16.2 Å². The summed E-state index contributed by atoms with van der Waals surface area (Å²) in [5, 5.41) is 2.97. The standard InChI is InChI=1S/C27H29N3O5/c1-32-23-17-19(18-24(33-2)26(23)34-3)27(31)28-14-13-25-29-21-11-7-8-12-22(21)30(25)15-16-35-20-9-5-4-6-10-20/h4-12,17-18H,13-16H2,1-3H3,(H,28,31). The van der Waals surface area contributed by atoms with Gasteiger partial charge in [0.2, 0.25) is 5.75 Å². The van der Waals surface area contributed by atoms with Crippen LogP contribution in [0.25, 0.3) is 11.0 Å². The fraction of sp³-hybridized carbons (Fsp3) is 0.259. The molecule has 1 amide bonds. The van der Waals surface area contributed by atoms with E-state index in [0.717, 1.165) is 22.6 Å². The van der Waals surface area contributed by atoms with Gasteiger partial charge in [-0.05, 0) is 36.4 Å². The van der Waals surface area contributed by atoms with Crippen LogP contribution in [0.5, 0.6) is 23.0 Å². The van der Waals surface area contributed by atoms with Gasteiger partial charge in [-0.1, -0.05) is 30.3 Å². The lowest BCUT2D eigenvalue weighted by molar-refractivity contribution is 0.0953. The summed E-state index contributed by atoms with van der Waals surface area (Å²) >= 11 is 0. The molecule has 1 aromatic heterocycles. The van der Waals surface area contributed by atoms with Crippen LogP contribution in [-0.2, 0) is 13.0 Å². The molecule has 0 saturated carbocycles. The molecule has 0 unspecified atom stereocenters. The van der Waals surface area contributed by atoms with Crippen molar-refractivity contribution in [3.63, 3.8) is 0 Å². The first-order valence-corrected chi connectivity index (χ1v) is 11.3. The Kier molecular flexibility index (Phi) is 7.72. The topological polar surface area (TPSA) is 83.8 Å². The number of fused-ring (bicyclic) bond motifs is 1. The van der Waals surface area contributed by atoms with Gasteiger partial charge in [-0.25, -0.2) is 4.98 Å². The number of hydrogen-bond acceptors (Lipinski definition) is 6. The van der Waals surface area contributed by atoms with Gasteiger partial charge < -0.3 is 28.8 Å². The van der Waals surface area contributed by atoms with Crippen molar-refractivity contribution < 1.29 is 23.7 Å². The molecule has 0 aliphatic carbocycles. The van der Waals surface area contributed by atoms with E-state index in [2.05, 4.69) is 9.88 Å². The molecule has 4 rings (SSSR count). The zero-order valence-electron chi connectivity index (χ0n) is 20.1. The third-order valence-corrected chi connectivity index (χ3v) is 5.62. The SMILES string of the molecule is COc1cc(C(=O)NCCc2nc3ccccc3n2CCOc2ccccc2)cc(OC)c1OC. The van der Waals surface area contributed by atoms with E-state index in [9.17, 15) is 4.79 Å². The Hall–Kier alpha value is -4.20. The summed E-state index contributed by atoms with van der Waals surface area (Å²) in [6.45, 7) is 1.57. The van der Waals surface area contributed by atoms with Crippen LogP contribution in [0.3, 0.4) is 0 Å². The number of carbonyl (C=O) groups excluding carboxylic acids is 1. The van der Waals surface area contributed by atoms with Gasteiger partial charge in [0.25, 0.3) is 5.91 Å². The molecule has 1 N–H and O–H groups in total. The number of imidazole rings is 1. The summed E-state index contributed by atoms with van der Waals surface area (Å²) in [6, 6.07) is 21.0. The number of benzene rings is 3. The van der Waals surface area contributed by atoms with Crippen molar-refractivity contribution in [2.24, 2.45) is 0 Å². The van der Waals surface area contributed by atoms with Crippen LogP contribution in [0.15, 0.2) is 66.7 Å². The minimum absolute atomic E-state index is 0.237. The maximum Gasteiger partial charge on any atom is 0.251 e. The predicted octanol–water partition coefficient (Wildman–Crippen LogP) is 4.11. The Morgan fingerprint density at radius 2 is 1.60 bits per heavy atom. The number of rotatable bonds is 11. The highest BCUT2D eigenvalue weighted by Crippen LogP contribution is 2.38. The monoisotopic (exact) mass is 475 g/mol. The molecule has 4 aromatic rings. The Morgan fingerprint density at radius 3 is 2.29 bits per heavy atom. The highest BCUT2D eigenvalue weighted by molar-refractivity contribution is 5.95. The summed E-state index contributed by atoms with van der Waals surface area (Å²) in [5.41, 5.74) is 2.37. The third kappa shape index (κ3) is 5.48. The number of hydrogen-bond donors (Lipinski definition) is 1. The molecule has 0 radical (unpaired) electrons. The first-order valence-electron chi connectivity index (χ1n) is 11.3. The van der Waals surface area contributed by atoms with E-state index in [1.807, 2.05) is 54.6 Å². The smallest absolute Gasteiger partial charge is 0.251 e. The molecule has 0 saturated heterocycles. The minimum Gasteiger partial charge on any atom is -0.493 e. The molecule has 0 fully saturated rings. The Morgan fingerprint density at radius 1 is 0.914 bits per heavy atom. The summed E-state index contributed by atoms with van der Waals surface area (Å²) < 4.78 is 24.1. The highest BCUT2D eigenvalue weighted by Gasteiger charge is 2.17. The molecule has 3 aromatic carbocycles. The molecular weight excluding hydrogens is 446 g/mol. The lowest BCUT2D eigenvalue weighted by Gasteiger charge is -2.14. The summed E-state index contributed by atoms with van der Waals surface area (Å²) in [5.74, 6) is 2.77. The Labute approximate surface area is 204 Å². The fourth-order valence-corrected chi connectivity index (χ4v) is 3.94. The average molecular weight is 476 g/mol. The van der Waals surface area contributed by atoms with Crippen LogP contribution in [0.2, 0.25) is 0 Å². The van der Waals surface area contributed by atoms with Crippen LogP contribution in [0, 0.1) is 0 Å². The zero-order valence-corrected chi connectivity index (χ0v) is 20.1. The number of carbonyl (C=O) groups is 1. The second-order valence-electron chi connectivity index (χ2n) is 7.75. The maximum absolute atomic E-state index is 12.8. The van der Waals surface area contributed by atoms with Gasteiger partial charge in [0, 0.05) is 18.5 Å². The van der Waals surface area contributed by atoms with Gasteiger partial charge in [-0.2, -0.15) is 0 Å². The van der Waals surface area contributed by atoms with Crippen molar-refractivity contribution in [1.82, 2.24) is 14.9 Å². The highest BCUT2D eigenvalue weighted by atomic mass is 16.5. The summed E-state index contributed by atoms with van der Waals surface area (Å²) in [6.07, 6.45) is 0.566. The molecule has 8 heteroatoms. The van der Waals surface area contributed by atoms with Gasteiger partial charge in [-0.15, -0.1) is 0 Å². The molecule has 8 nitrogen and oxygen atoms in total. The molecule has 35 heavy (non-hydrogen) atoms. The van der Waals surface area contributed by atoms with Crippen LogP contribution in [0.4, 0.5) is 0 Å². The van der Waals surface area contributed by atoms with E-state index in [-0.39, 0.29) is 5.91 Å². The number of nitrogens with zero attached hydrogens (tertiary/aromatic N) is 2. The van der Waals surface area contributed by atoms with Crippen molar-refractivity contribution >= 4 is 16.9 Å².